The number of benzene rings is 4. The first kappa shape index (κ1) is 42.6. The molecule has 54 heavy (non-hydrogen) atoms. The molecule has 0 aliphatic heterocycles. The number of nitrogens with zero attached hydrogens (tertiary/aromatic N) is 2. The number of aliphatic hydroxyl groups excluding tert-OH is 2. The number of esters is 1. The van der Waals surface area contributed by atoms with E-state index in [4.69, 9.17) is 9.47 Å². The zero-order chi connectivity index (χ0) is 37.7. The Bertz CT molecular complexity index is 1800. The van der Waals surface area contributed by atoms with E-state index in [0.29, 0.717) is 11.3 Å². The van der Waals surface area contributed by atoms with Crippen LogP contribution < -0.4 is 10.1 Å². The molecule has 2 heterocycles. The van der Waals surface area contributed by atoms with Gasteiger partial charge in [-0.05, 0) is 53.7 Å². The molecule has 6 rings (SSSR count). The fraction of sp³-hybridized carbons (Fsp3) is 0.136. The quantitative estimate of drug-likeness (QED) is 0.0515. The average Bonchev–Trinajstić information content (AvgIpc) is 3.22. The summed E-state index contributed by atoms with van der Waals surface area (Å²) >= 11 is 0. The molecule has 0 fully saturated rings. The molecule has 6 aromatic rings. The van der Waals surface area contributed by atoms with Crippen molar-refractivity contribution in [2.75, 3.05) is 13.2 Å². The van der Waals surface area contributed by atoms with E-state index in [1.807, 2.05) is 103 Å². The van der Waals surface area contributed by atoms with E-state index < -0.39 is 24.3 Å². The minimum absolute atomic E-state index is 0. The van der Waals surface area contributed by atoms with Crippen molar-refractivity contribution in [2.45, 2.75) is 25.6 Å². The molecule has 10 heteroatoms. The molecule has 1 amide bonds. The largest absolute Gasteiger partial charge is 0.460 e. The Morgan fingerprint density at radius 1 is 0.704 bits per heavy atom. The molecule has 0 saturated carbocycles. The summed E-state index contributed by atoms with van der Waals surface area (Å²) in [6, 6.07) is 49.1. The average molecular weight is 900 g/mol. The number of ether oxygens (including phenoxy) is 2. The van der Waals surface area contributed by atoms with Crippen LogP contribution in [0.2, 0.25) is 0 Å². The van der Waals surface area contributed by atoms with Gasteiger partial charge in [0.2, 0.25) is 0 Å². The standard InChI is InChI=1S/C22H25NO6.2C11H8N.Ir/c1-15(2)21(26)28-13-12-23-22(27)29-18-10-8-17(9-11-18)20(25)14-19(24)16-6-4-3-5-7-16;2*1-2-6-10(7-3-1)11-8-4-5-9-12-11;/h3-11,19-20,24-25H,1,12-14H2,2H3,(H,23,27);2*1-6,8-9H;/q;2*-1;. The van der Waals surface area contributed by atoms with E-state index in [0.717, 1.165) is 28.1 Å². The van der Waals surface area contributed by atoms with E-state index in [1.54, 1.807) is 48.8 Å². The molecule has 4 aromatic carbocycles. The van der Waals surface area contributed by atoms with E-state index in [9.17, 15) is 19.8 Å². The smallest absolute Gasteiger partial charge is 0.412 e. The van der Waals surface area contributed by atoms with Crippen LogP contribution in [0.1, 0.15) is 36.7 Å². The summed E-state index contributed by atoms with van der Waals surface area (Å²) in [5, 5.41) is 23.0. The molecule has 2 atom stereocenters. The summed E-state index contributed by atoms with van der Waals surface area (Å²) in [6.07, 6.45) is 1.38. The summed E-state index contributed by atoms with van der Waals surface area (Å²) < 4.78 is 9.97. The van der Waals surface area contributed by atoms with Gasteiger partial charge in [0, 0.05) is 44.5 Å². The van der Waals surface area contributed by atoms with Gasteiger partial charge in [0.25, 0.3) is 0 Å². The van der Waals surface area contributed by atoms with Gasteiger partial charge in [-0.3, -0.25) is 0 Å². The van der Waals surface area contributed by atoms with Crippen LogP contribution in [0, 0.1) is 12.1 Å². The van der Waals surface area contributed by atoms with Crippen LogP contribution in [0.4, 0.5) is 4.79 Å². The van der Waals surface area contributed by atoms with Gasteiger partial charge in [-0.15, -0.1) is 71.8 Å². The van der Waals surface area contributed by atoms with Gasteiger partial charge in [0.1, 0.15) is 12.4 Å². The normalized spacial score (nSPS) is 11.0. The second kappa shape index (κ2) is 23.7. The minimum Gasteiger partial charge on any atom is -0.460 e. The number of rotatable bonds is 11. The zero-order valence-electron chi connectivity index (χ0n) is 29.7. The number of carbonyl (C=O) groups excluding carboxylic acids is 2. The van der Waals surface area contributed by atoms with Gasteiger partial charge in [0.15, 0.2) is 0 Å². The summed E-state index contributed by atoms with van der Waals surface area (Å²) in [4.78, 5) is 31.4. The number of pyridine rings is 2. The van der Waals surface area contributed by atoms with Gasteiger partial charge >= 0.3 is 12.1 Å². The van der Waals surface area contributed by atoms with Crippen LogP contribution in [0.5, 0.6) is 5.75 Å². The third-order valence-electron chi connectivity index (χ3n) is 7.36. The molecular formula is C44H41IrN3O6-2. The Hall–Kier alpha value is -5.77. The first-order chi connectivity index (χ1) is 25.8. The monoisotopic (exact) mass is 900 g/mol. The van der Waals surface area contributed by atoms with Crippen molar-refractivity contribution in [3.05, 3.63) is 187 Å². The van der Waals surface area contributed by atoms with Crippen molar-refractivity contribution in [1.29, 1.82) is 0 Å². The third kappa shape index (κ3) is 15.1. The topological polar surface area (TPSA) is 131 Å². The van der Waals surface area contributed by atoms with Crippen LogP contribution in [-0.2, 0) is 29.6 Å². The van der Waals surface area contributed by atoms with Crippen LogP contribution in [0.25, 0.3) is 22.5 Å². The first-order valence-corrected chi connectivity index (χ1v) is 16.9. The Morgan fingerprint density at radius 3 is 1.67 bits per heavy atom. The van der Waals surface area contributed by atoms with Crippen LogP contribution in [0.15, 0.2) is 164 Å². The maximum Gasteiger partial charge on any atom is 0.412 e. The fourth-order valence-corrected chi connectivity index (χ4v) is 4.63. The van der Waals surface area contributed by atoms with Gasteiger partial charge in [-0.25, -0.2) is 9.59 Å². The number of amides is 1. The first-order valence-electron chi connectivity index (χ1n) is 16.9. The Kier molecular flexibility index (Phi) is 18.7. The number of carbonyl (C=O) groups is 2. The molecular weight excluding hydrogens is 859 g/mol. The van der Waals surface area contributed by atoms with Gasteiger partial charge in [0.05, 0.1) is 18.8 Å². The zero-order valence-corrected chi connectivity index (χ0v) is 32.1. The number of hydrogen-bond donors (Lipinski definition) is 3. The molecule has 1 radical (unpaired) electrons. The Balaban J connectivity index is 0.000000255. The van der Waals surface area contributed by atoms with Crippen LogP contribution in [0.3, 0.4) is 0 Å². The number of aliphatic hydroxyl groups is 2. The van der Waals surface area contributed by atoms with E-state index in [1.165, 1.54) is 6.92 Å². The second-order valence-electron chi connectivity index (χ2n) is 11.5. The molecule has 2 unspecified atom stereocenters. The predicted octanol–water partition coefficient (Wildman–Crippen LogP) is 8.15. The SMILES string of the molecule is C=C(C)C(=O)OCCNC(=O)Oc1ccc(C(O)CC(O)c2ccccc2)cc1.[Ir].[c-]1ccccc1-c1ccccn1.[c-]1ccccc1-c1ccccn1. The maximum absolute atomic E-state index is 11.7. The molecule has 0 aliphatic rings. The Labute approximate surface area is 329 Å². The summed E-state index contributed by atoms with van der Waals surface area (Å²) in [5.74, 6) is -0.229. The maximum atomic E-state index is 11.7. The van der Waals surface area contributed by atoms with Crippen molar-refractivity contribution in [2.24, 2.45) is 0 Å². The predicted molar refractivity (Wildman–Crippen MR) is 204 cm³/mol. The fourth-order valence-electron chi connectivity index (χ4n) is 4.63. The molecule has 0 aliphatic carbocycles. The molecule has 279 valence electrons. The molecule has 3 N–H and O–H groups in total. The van der Waals surface area contributed by atoms with Gasteiger partial charge < -0.3 is 35.0 Å². The van der Waals surface area contributed by atoms with Crippen LogP contribution in [-0.4, -0.2) is 45.4 Å². The molecule has 0 bridgehead atoms. The van der Waals surface area contributed by atoms with Crippen LogP contribution >= 0.6 is 0 Å². The third-order valence-corrected chi connectivity index (χ3v) is 7.36. The van der Waals surface area contributed by atoms with Gasteiger partial charge in [-0.1, -0.05) is 73.3 Å². The van der Waals surface area contributed by atoms with Crippen molar-refractivity contribution < 1.29 is 49.4 Å². The number of aromatic nitrogens is 2. The molecule has 2 aromatic heterocycles. The van der Waals surface area contributed by atoms with Crippen molar-refractivity contribution in [3.63, 3.8) is 0 Å². The minimum atomic E-state index is -0.865. The van der Waals surface area contributed by atoms with Gasteiger partial charge in [-0.2, -0.15) is 0 Å². The van der Waals surface area contributed by atoms with Crippen molar-refractivity contribution in [3.8, 4) is 28.3 Å². The van der Waals surface area contributed by atoms with Crippen molar-refractivity contribution >= 4 is 12.1 Å². The molecule has 0 spiro atoms. The van der Waals surface area contributed by atoms with Crippen molar-refractivity contribution in [1.82, 2.24) is 15.3 Å². The van der Waals surface area contributed by atoms with E-state index >= 15 is 0 Å². The second-order valence-corrected chi connectivity index (χ2v) is 11.5. The van der Waals surface area contributed by atoms with E-state index in [-0.39, 0.29) is 45.3 Å². The summed E-state index contributed by atoms with van der Waals surface area (Å²) in [7, 11) is 0. The molecule has 0 saturated heterocycles. The Morgan fingerprint density at radius 2 is 1.20 bits per heavy atom. The molecule has 9 nitrogen and oxygen atoms in total. The number of nitrogens with one attached hydrogen (secondary N) is 1. The summed E-state index contributed by atoms with van der Waals surface area (Å²) in [6.45, 7) is 5.10. The summed E-state index contributed by atoms with van der Waals surface area (Å²) in [5.41, 5.74) is 5.63. The number of hydrogen-bond acceptors (Lipinski definition) is 8. The van der Waals surface area contributed by atoms with E-state index in [2.05, 4.69) is 34.0 Å².